The molecule has 1 fully saturated rings. The quantitative estimate of drug-likeness (QED) is 0.232. The van der Waals surface area contributed by atoms with Gasteiger partial charge in [-0.2, -0.15) is 0 Å². The average Bonchev–Trinajstić information content (AvgIpc) is 3.04. The van der Waals surface area contributed by atoms with Crippen LogP contribution in [0, 0.1) is 5.41 Å². The summed E-state index contributed by atoms with van der Waals surface area (Å²) in [5.41, 5.74) is 0.684. The molecule has 2 amide bonds. The number of nitrogens with one attached hydrogen (secondary N) is 2. The molecule has 1 aliphatic carbocycles. The van der Waals surface area contributed by atoms with E-state index in [-0.39, 0.29) is 31.0 Å². The maximum Gasteiger partial charge on any atom is 0.315 e. The van der Waals surface area contributed by atoms with Crippen molar-refractivity contribution in [3.05, 3.63) is 83.9 Å². The van der Waals surface area contributed by atoms with E-state index >= 15 is 0 Å². The summed E-state index contributed by atoms with van der Waals surface area (Å²) in [7, 11) is 0. The topological polar surface area (TPSA) is 84.5 Å². The van der Waals surface area contributed by atoms with E-state index in [9.17, 15) is 14.4 Å². The van der Waals surface area contributed by atoms with Crippen molar-refractivity contribution in [1.82, 2.24) is 10.6 Å². The molecule has 1 saturated carbocycles. The molecule has 0 aliphatic heterocycles. The van der Waals surface area contributed by atoms with Gasteiger partial charge in [0.1, 0.15) is 6.10 Å². The average molecular weight is 573 g/mol. The molecule has 0 saturated heterocycles. The maximum absolute atomic E-state index is 13.7. The molecule has 0 aromatic heterocycles. The lowest BCUT2D eigenvalue weighted by Crippen LogP contribution is -2.49. The van der Waals surface area contributed by atoms with Crippen LogP contribution in [0.1, 0.15) is 95.1 Å². The number of esters is 1. The van der Waals surface area contributed by atoms with Crippen LogP contribution in [0.15, 0.2) is 72.8 Å². The monoisotopic (exact) mass is 572 g/mol. The van der Waals surface area contributed by atoms with Crippen LogP contribution in [0.25, 0.3) is 12.2 Å². The van der Waals surface area contributed by atoms with E-state index in [1.165, 1.54) is 50.7 Å². The molecule has 0 atom stereocenters. The number of hydrogen-bond acceptors (Lipinski definition) is 4. The van der Waals surface area contributed by atoms with Crippen LogP contribution >= 0.6 is 0 Å². The van der Waals surface area contributed by atoms with Gasteiger partial charge in [0.2, 0.25) is 11.8 Å². The van der Waals surface area contributed by atoms with Gasteiger partial charge in [-0.15, -0.1) is 0 Å². The largest absolute Gasteiger partial charge is 0.462 e. The highest BCUT2D eigenvalue weighted by molar-refractivity contribution is 5.93. The van der Waals surface area contributed by atoms with Gasteiger partial charge in [0, 0.05) is 25.2 Å². The van der Waals surface area contributed by atoms with Crippen LogP contribution in [0.5, 0.6) is 0 Å². The standard InChI is InChI=1S/C36H48N2O4/c1-36(28-37-33(39)26-24-30-18-12-10-13-19-30,29-38-34(40)27-25-31-20-14-11-15-21-31)35(41)42-32-22-16-8-6-4-2-3-5-7-9-17-23-32/h10-15,18-21,24-27,32H,2-9,16-17,22-23,28-29H2,1H3,(H,37,39)(H,38,40)/b26-24+,27-25+. The molecule has 6 heteroatoms. The lowest BCUT2D eigenvalue weighted by atomic mass is 9.90. The van der Waals surface area contributed by atoms with Crippen molar-refractivity contribution < 1.29 is 19.1 Å². The Balaban J connectivity index is 1.65. The van der Waals surface area contributed by atoms with Crippen LogP contribution in [0.4, 0.5) is 0 Å². The smallest absolute Gasteiger partial charge is 0.315 e. The third-order valence-electron chi connectivity index (χ3n) is 7.83. The first kappa shape index (κ1) is 32.8. The number of hydrogen-bond donors (Lipinski definition) is 2. The Morgan fingerprint density at radius 1 is 0.667 bits per heavy atom. The minimum absolute atomic E-state index is 0.0409. The molecule has 0 unspecified atom stereocenters. The summed E-state index contributed by atoms with van der Waals surface area (Å²) in [4.78, 5) is 39.0. The fourth-order valence-corrected chi connectivity index (χ4v) is 5.08. The van der Waals surface area contributed by atoms with Crippen molar-refractivity contribution in [3.8, 4) is 0 Å². The van der Waals surface area contributed by atoms with Crippen LogP contribution in [0.3, 0.4) is 0 Å². The Morgan fingerprint density at radius 3 is 1.45 bits per heavy atom. The zero-order chi connectivity index (χ0) is 29.9. The fraction of sp³-hybridized carbons (Fsp3) is 0.472. The zero-order valence-corrected chi connectivity index (χ0v) is 25.2. The molecule has 2 N–H and O–H groups in total. The second-order valence-electron chi connectivity index (χ2n) is 11.6. The van der Waals surface area contributed by atoms with Gasteiger partial charge in [-0.05, 0) is 55.9 Å². The molecule has 2 aromatic carbocycles. The molecule has 0 heterocycles. The molecule has 0 bridgehead atoms. The predicted octanol–water partition coefficient (Wildman–Crippen LogP) is 7.26. The summed E-state index contributed by atoms with van der Waals surface area (Å²) in [6, 6.07) is 19.1. The van der Waals surface area contributed by atoms with Gasteiger partial charge < -0.3 is 15.4 Å². The Kier molecular flexibility index (Phi) is 14.6. The molecule has 1 aliphatic rings. The molecule has 3 rings (SSSR count). The van der Waals surface area contributed by atoms with E-state index in [2.05, 4.69) is 10.6 Å². The van der Waals surface area contributed by atoms with Crippen molar-refractivity contribution in [2.24, 2.45) is 5.41 Å². The highest BCUT2D eigenvalue weighted by atomic mass is 16.5. The molecule has 42 heavy (non-hydrogen) atoms. The minimum atomic E-state index is -1.13. The van der Waals surface area contributed by atoms with E-state index in [4.69, 9.17) is 4.74 Å². The SMILES string of the molecule is CC(CNC(=O)/C=C/c1ccccc1)(CNC(=O)/C=C/c1ccccc1)C(=O)OC1CCCCCCCCCCCC1. The molecule has 2 aromatic rings. The Hall–Kier alpha value is -3.67. The van der Waals surface area contributed by atoms with Crippen LogP contribution in [-0.2, 0) is 19.1 Å². The van der Waals surface area contributed by atoms with Gasteiger partial charge in [-0.1, -0.05) is 112 Å². The van der Waals surface area contributed by atoms with Crippen LogP contribution in [0.2, 0.25) is 0 Å². The fourth-order valence-electron chi connectivity index (χ4n) is 5.08. The summed E-state index contributed by atoms with van der Waals surface area (Å²) in [6.07, 6.45) is 19.9. The summed E-state index contributed by atoms with van der Waals surface area (Å²) < 4.78 is 6.14. The summed E-state index contributed by atoms with van der Waals surface area (Å²) in [5.74, 6) is -1.01. The highest BCUT2D eigenvalue weighted by Gasteiger charge is 2.37. The second-order valence-corrected chi connectivity index (χ2v) is 11.6. The summed E-state index contributed by atoms with van der Waals surface area (Å²) >= 11 is 0. The van der Waals surface area contributed by atoms with Gasteiger partial charge in [0.25, 0.3) is 0 Å². The Bertz CT molecular complexity index is 1060. The van der Waals surface area contributed by atoms with Crippen LogP contribution in [-0.4, -0.2) is 37.0 Å². The van der Waals surface area contributed by atoms with Gasteiger partial charge in [-0.25, -0.2) is 0 Å². The van der Waals surface area contributed by atoms with Crippen molar-refractivity contribution in [1.29, 1.82) is 0 Å². The lowest BCUT2D eigenvalue weighted by Gasteiger charge is -2.30. The first-order chi connectivity index (χ1) is 20.4. The predicted molar refractivity (Wildman–Crippen MR) is 170 cm³/mol. The third kappa shape index (κ3) is 12.9. The van der Waals surface area contributed by atoms with Crippen molar-refractivity contribution >= 4 is 29.9 Å². The van der Waals surface area contributed by atoms with Gasteiger partial charge >= 0.3 is 5.97 Å². The van der Waals surface area contributed by atoms with E-state index in [0.717, 1.165) is 49.7 Å². The zero-order valence-electron chi connectivity index (χ0n) is 25.2. The van der Waals surface area contributed by atoms with Crippen molar-refractivity contribution in [3.63, 3.8) is 0 Å². The van der Waals surface area contributed by atoms with E-state index in [1.54, 1.807) is 19.1 Å². The molecule has 0 spiro atoms. The first-order valence-corrected chi connectivity index (χ1v) is 15.7. The number of ether oxygens (including phenoxy) is 1. The van der Waals surface area contributed by atoms with E-state index < -0.39 is 11.4 Å². The number of carbonyl (C=O) groups excluding carboxylic acids is 3. The number of benzene rings is 2. The third-order valence-corrected chi connectivity index (χ3v) is 7.83. The summed E-state index contributed by atoms with van der Waals surface area (Å²) in [5, 5.41) is 5.72. The number of rotatable bonds is 10. The van der Waals surface area contributed by atoms with Crippen molar-refractivity contribution in [2.75, 3.05) is 13.1 Å². The number of carbonyl (C=O) groups is 3. The molecular formula is C36H48N2O4. The first-order valence-electron chi connectivity index (χ1n) is 15.7. The Morgan fingerprint density at radius 2 is 1.05 bits per heavy atom. The summed E-state index contributed by atoms with van der Waals surface area (Å²) in [6.45, 7) is 1.83. The minimum Gasteiger partial charge on any atom is -0.462 e. The van der Waals surface area contributed by atoms with E-state index in [0.29, 0.717) is 0 Å². The van der Waals surface area contributed by atoms with Crippen molar-refractivity contribution in [2.45, 2.75) is 90.1 Å². The van der Waals surface area contributed by atoms with Gasteiger partial charge in [-0.3, -0.25) is 14.4 Å². The maximum atomic E-state index is 13.7. The Labute approximate surface area is 252 Å². The number of amides is 2. The second kappa shape index (κ2) is 18.7. The lowest BCUT2D eigenvalue weighted by molar-refractivity contribution is -0.161. The van der Waals surface area contributed by atoms with E-state index in [1.807, 2.05) is 60.7 Å². The molecular weight excluding hydrogens is 524 g/mol. The van der Waals surface area contributed by atoms with Gasteiger partial charge in [0.15, 0.2) is 0 Å². The van der Waals surface area contributed by atoms with Crippen LogP contribution < -0.4 is 10.6 Å². The molecule has 226 valence electrons. The molecule has 0 radical (unpaired) electrons. The molecule has 6 nitrogen and oxygen atoms in total. The van der Waals surface area contributed by atoms with Gasteiger partial charge in [0.05, 0.1) is 5.41 Å². The normalized spacial score (nSPS) is 16.2. The highest BCUT2D eigenvalue weighted by Crippen LogP contribution is 2.23.